The van der Waals surface area contributed by atoms with Gasteiger partial charge in [0.15, 0.2) is 0 Å². The summed E-state index contributed by atoms with van der Waals surface area (Å²) in [4.78, 5) is 23.0. The molecule has 4 heteroatoms. The quantitative estimate of drug-likeness (QED) is 0.870. The molecule has 2 N–H and O–H groups in total. The molecule has 2 atom stereocenters. The van der Waals surface area contributed by atoms with Crippen LogP contribution in [0.5, 0.6) is 0 Å². The monoisotopic (exact) mass is 261 g/mol. The Morgan fingerprint density at radius 2 is 1.95 bits per heavy atom. The molecule has 0 aromatic heterocycles. The Balaban J connectivity index is 1.90. The summed E-state index contributed by atoms with van der Waals surface area (Å²) in [6.45, 7) is 2.00. The van der Waals surface area contributed by atoms with Gasteiger partial charge in [-0.05, 0) is 25.3 Å². The molecular formula is C15H19NO3. The van der Waals surface area contributed by atoms with Gasteiger partial charge in [-0.2, -0.15) is 0 Å². The number of carboxylic acids is 1. The molecule has 0 spiro atoms. The Hall–Kier alpha value is -1.84. The first-order valence-electron chi connectivity index (χ1n) is 6.64. The van der Waals surface area contributed by atoms with E-state index >= 15 is 0 Å². The van der Waals surface area contributed by atoms with Gasteiger partial charge in [0.25, 0.3) is 0 Å². The van der Waals surface area contributed by atoms with Crippen molar-refractivity contribution in [3.8, 4) is 0 Å². The molecule has 1 aromatic rings. The lowest BCUT2D eigenvalue weighted by molar-refractivity contribution is -0.142. The molecule has 2 unspecified atom stereocenters. The highest BCUT2D eigenvalue weighted by Crippen LogP contribution is 2.25. The van der Waals surface area contributed by atoms with Gasteiger partial charge in [-0.3, -0.25) is 9.59 Å². The predicted molar refractivity (Wildman–Crippen MR) is 71.8 cm³/mol. The SMILES string of the molecule is Cc1ccc(CC(=O)NC2CCCC2C(=O)O)cc1. The van der Waals surface area contributed by atoms with Gasteiger partial charge in [-0.15, -0.1) is 0 Å². The van der Waals surface area contributed by atoms with Gasteiger partial charge in [-0.1, -0.05) is 36.2 Å². The highest BCUT2D eigenvalue weighted by Gasteiger charge is 2.33. The normalized spacial score (nSPS) is 22.2. The van der Waals surface area contributed by atoms with Crippen LogP contribution in [0.2, 0.25) is 0 Å². The van der Waals surface area contributed by atoms with Crippen LogP contribution in [0.1, 0.15) is 30.4 Å². The van der Waals surface area contributed by atoms with Gasteiger partial charge >= 0.3 is 5.97 Å². The lowest BCUT2D eigenvalue weighted by Crippen LogP contribution is -2.40. The van der Waals surface area contributed by atoms with Crippen LogP contribution in [0.4, 0.5) is 0 Å². The summed E-state index contributed by atoms with van der Waals surface area (Å²) in [6, 6.07) is 7.59. The van der Waals surface area contributed by atoms with E-state index in [0.29, 0.717) is 12.8 Å². The maximum atomic E-state index is 11.9. The largest absolute Gasteiger partial charge is 0.481 e. The third kappa shape index (κ3) is 3.56. The van der Waals surface area contributed by atoms with Crippen molar-refractivity contribution in [2.75, 3.05) is 0 Å². The van der Waals surface area contributed by atoms with E-state index in [0.717, 1.165) is 24.0 Å². The molecule has 102 valence electrons. The summed E-state index contributed by atoms with van der Waals surface area (Å²) in [5.74, 6) is -1.33. The van der Waals surface area contributed by atoms with Crippen molar-refractivity contribution in [2.45, 2.75) is 38.6 Å². The molecule has 1 aromatic carbocycles. The van der Waals surface area contributed by atoms with Crippen LogP contribution in [0.3, 0.4) is 0 Å². The number of carboxylic acid groups (broad SMARTS) is 1. The summed E-state index contributed by atoms with van der Waals surface area (Å²) < 4.78 is 0. The predicted octanol–water partition coefficient (Wildman–Crippen LogP) is 1.91. The summed E-state index contributed by atoms with van der Waals surface area (Å²) in [6.07, 6.45) is 2.59. The van der Waals surface area contributed by atoms with Crippen LogP contribution in [0, 0.1) is 12.8 Å². The molecule has 2 rings (SSSR count). The zero-order valence-electron chi connectivity index (χ0n) is 11.1. The summed E-state index contributed by atoms with van der Waals surface area (Å²) in [5, 5.41) is 11.9. The maximum absolute atomic E-state index is 11.9. The molecule has 1 saturated carbocycles. The number of carbonyl (C=O) groups is 2. The van der Waals surface area contributed by atoms with Crippen LogP contribution >= 0.6 is 0 Å². The average molecular weight is 261 g/mol. The number of hydrogen-bond acceptors (Lipinski definition) is 2. The molecule has 0 aliphatic heterocycles. The standard InChI is InChI=1S/C15H19NO3/c1-10-5-7-11(8-6-10)9-14(17)16-13-4-2-3-12(13)15(18)19/h5-8,12-13H,2-4,9H2,1H3,(H,16,17)(H,18,19). The summed E-state index contributed by atoms with van der Waals surface area (Å²) in [5.41, 5.74) is 2.11. The zero-order valence-corrected chi connectivity index (χ0v) is 11.1. The molecule has 4 nitrogen and oxygen atoms in total. The van der Waals surface area contributed by atoms with Gasteiger partial charge < -0.3 is 10.4 Å². The Bertz CT molecular complexity index is 467. The minimum Gasteiger partial charge on any atom is -0.481 e. The topological polar surface area (TPSA) is 66.4 Å². The molecule has 0 bridgehead atoms. The fourth-order valence-electron chi connectivity index (χ4n) is 2.58. The number of nitrogens with one attached hydrogen (secondary N) is 1. The second kappa shape index (κ2) is 5.87. The summed E-state index contributed by atoms with van der Waals surface area (Å²) >= 11 is 0. The second-order valence-corrected chi connectivity index (χ2v) is 5.21. The number of carbonyl (C=O) groups excluding carboxylic acids is 1. The Labute approximate surface area is 112 Å². The molecule has 0 heterocycles. The number of aliphatic carboxylic acids is 1. The third-order valence-electron chi connectivity index (χ3n) is 3.66. The highest BCUT2D eigenvalue weighted by molar-refractivity contribution is 5.80. The van der Waals surface area contributed by atoms with Crippen molar-refractivity contribution in [1.29, 1.82) is 0 Å². The first-order valence-corrected chi connectivity index (χ1v) is 6.64. The smallest absolute Gasteiger partial charge is 0.308 e. The van der Waals surface area contributed by atoms with Crippen molar-refractivity contribution in [1.82, 2.24) is 5.32 Å². The number of aryl methyl sites for hydroxylation is 1. The van der Waals surface area contributed by atoms with Gasteiger partial charge in [0.05, 0.1) is 12.3 Å². The number of hydrogen-bond donors (Lipinski definition) is 2. The van der Waals surface area contributed by atoms with E-state index in [1.54, 1.807) is 0 Å². The van der Waals surface area contributed by atoms with E-state index in [1.165, 1.54) is 0 Å². The fourth-order valence-corrected chi connectivity index (χ4v) is 2.58. The van der Waals surface area contributed by atoms with Crippen LogP contribution < -0.4 is 5.32 Å². The number of amides is 1. The number of benzene rings is 1. The minimum atomic E-state index is -0.807. The van der Waals surface area contributed by atoms with E-state index in [9.17, 15) is 9.59 Å². The maximum Gasteiger partial charge on any atom is 0.308 e. The first kappa shape index (κ1) is 13.6. The van der Waals surface area contributed by atoms with Gasteiger partial charge in [-0.25, -0.2) is 0 Å². The Morgan fingerprint density at radius 3 is 2.58 bits per heavy atom. The highest BCUT2D eigenvalue weighted by atomic mass is 16.4. The lowest BCUT2D eigenvalue weighted by atomic mass is 10.0. The van der Waals surface area contributed by atoms with Crippen LogP contribution in [-0.4, -0.2) is 23.0 Å². The Kier molecular flexibility index (Phi) is 4.20. The second-order valence-electron chi connectivity index (χ2n) is 5.21. The van der Waals surface area contributed by atoms with Crippen molar-refractivity contribution in [3.05, 3.63) is 35.4 Å². The first-order chi connectivity index (χ1) is 9.06. The molecule has 0 saturated heterocycles. The molecule has 1 aliphatic rings. The third-order valence-corrected chi connectivity index (χ3v) is 3.66. The van der Waals surface area contributed by atoms with Crippen LogP contribution in [-0.2, 0) is 16.0 Å². The van der Waals surface area contributed by atoms with Crippen LogP contribution in [0.15, 0.2) is 24.3 Å². The van der Waals surface area contributed by atoms with Gasteiger partial charge in [0, 0.05) is 6.04 Å². The van der Waals surface area contributed by atoms with Crippen molar-refractivity contribution >= 4 is 11.9 Å². The van der Waals surface area contributed by atoms with E-state index < -0.39 is 11.9 Å². The molecule has 19 heavy (non-hydrogen) atoms. The molecular weight excluding hydrogens is 242 g/mol. The minimum absolute atomic E-state index is 0.0954. The van der Waals surface area contributed by atoms with Gasteiger partial charge in [0.2, 0.25) is 5.91 Å². The van der Waals surface area contributed by atoms with E-state index in [4.69, 9.17) is 5.11 Å². The van der Waals surface area contributed by atoms with Crippen LogP contribution in [0.25, 0.3) is 0 Å². The fraction of sp³-hybridized carbons (Fsp3) is 0.467. The Morgan fingerprint density at radius 1 is 1.26 bits per heavy atom. The lowest BCUT2D eigenvalue weighted by Gasteiger charge is -2.17. The molecule has 1 aliphatic carbocycles. The zero-order chi connectivity index (χ0) is 13.8. The van der Waals surface area contributed by atoms with Gasteiger partial charge in [0.1, 0.15) is 0 Å². The number of rotatable bonds is 4. The van der Waals surface area contributed by atoms with Crippen molar-refractivity contribution < 1.29 is 14.7 Å². The van der Waals surface area contributed by atoms with Crippen molar-refractivity contribution in [2.24, 2.45) is 5.92 Å². The average Bonchev–Trinajstić information content (AvgIpc) is 2.80. The van der Waals surface area contributed by atoms with E-state index in [1.807, 2.05) is 31.2 Å². The van der Waals surface area contributed by atoms with E-state index in [-0.39, 0.29) is 11.9 Å². The molecule has 0 radical (unpaired) electrons. The molecule has 1 amide bonds. The molecule has 1 fully saturated rings. The van der Waals surface area contributed by atoms with Crippen molar-refractivity contribution in [3.63, 3.8) is 0 Å². The summed E-state index contributed by atoms with van der Waals surface area (Å²) in [7, 11) is 0. The van der Waals surface area contributed by atoms with E-state index in [2.05, 4.69) is 5.32 Å².